The molecule has 0 radical (unpaired) electrons. The van der Waals surface area contributed by atoms with E-state index < -0.39 is 0 Å². The first-order valence-electron chi connectivity index (χ1n) is 7.16. The fraction of sp³-hybridized carbons (Fsp3) is 1.00. The van der Waals surface area contributed by atoms with Crippen molar-refractivity contribution in [1.29, 1.82) is 0 Å². The first-order chi connectivity index (χ1) is 8.29. The van der Waals surface area contributed by atoms with Crippen LogP contribution >= 0.6 is 22.9 Å². The van der Waals surface area contributed by atoms with Crippen LogP contribution in [0.5, 0.6) is 0 Å². The summed E-state index contributed by atoms with van der Waals surface area (Å²) in [6, 6.07) is 0.870. The number of piperidine rings is 1. The lowest BCUT2D eigenvalue weighted by molar-refractivity contribution is 0.0751. The Hall–Kier alpha value is 0.610. The highest BCUT2D eigenvalue weighted by Gasteiger charge is 2.26. The Morgan fingerprint density at radius 3 is 2.24 bits per heavy atom. The molecule has 3 nitrogen and oxygen atoms in total. The molecule has 2 aliphatic rings. The van der Waals surface area contributed by atoms with Gasteiger partial charge in [-0.1, -0.05) is 13.3 Å². The van der Waals surface area contributed by atoms with Gasteiger partial charge in [-0.25, -0.2) is 3.11 Å². The minimum Gasteiger partial charge on any atom is -0.301 e. The molecule has 100 valence electrons. The third kappa shape index (κ3) is 4.33. The Balaban J connectivity index is 1.68. The summed E-state index contributed by atoms with van der Waals surface area (Å²) in [4.78, 5) is 5.39. The molecule has 0 atom stereocenters. The number of nitrogens with zero attached hydrogens (tertiary/aromatic N) is 3. The number of rotatable bonds is 4. The second-order valence-corrected chi connectivity index (χ2v) is 6.74. The van der Waals surface area contributed by atoms with Gasteiger partial charge in [-0.15, -0.1) is 0 Å². The van der Waals surface area contributed by atoms with Crippen LogP contribution in [0.1, 0.15) is 32.6 Å². The van der Waals surface area contributed by atoms with Gasteiger partial charge in [0.15, 0.2) is 0 Å². The van der Waals surface area contributed by atoms with Crippen LogP contribution < -0.4 is 0 Å². The Labute approximate surface area is 120 Å². The highest BCUT2D eigenvalue weighted by Crippen LogP contribution is 2.20. The molecule has 4 heteroatoms. The molecule has 0 unspecified atom stereocenters. The molecule has 2 aliphatic heterocycles. The van der Waals surface area contributed by atoms with Gasteiger partial charge in [0.05, 0.1) is 0 Å². The van der Waals surface area contributed by atoms with Gasteiger partial charge in [0, 0.05) is 68.2 Å². The smallest absolute Gasteiger partial charge is 0.0201 e. The van der Waals surface area contributed by atoms with E-state index in [0.717, 1.165) is 6.04 Å². The summed E-state index contributed by atoms with van der Waals surface area (Å²) < 4.78 is 2.44. The van der Waals surface area contributed by atoms with Crippen LogP contribution in [0, 0.1) is 0 Å². The summed E-state index contributed by atoms with van der Waals surface area (Å²) in [5.41, 5.74) is 0. The highest BCUT2D eigenvalue weighted by molar-refractivity contribution is 14.1. The van der Waals surface area contributed by atoms with E-state index in [1.165, 1.54) is 71.5 Å². The van der Waals surface area contributed by atoms with Crippen molar-refractivity contribution < 1.29 is 0 Å². The molecule has 0 aromatic heterocycles. The lowest BCUT2D eigenvalue weighted by atomic mass is 10.0. The van der Waals surface area contributed by atoms with Crippen molar-refractivity contribution in [2.24, 2.45) is 0 Å². The fourth-order valence-electron chi connectivity index (χ4n) is 2.93. The first kappa shape index (κ1) is 14.0. The topological polar surface area (TPSA) is 9.72 Å². The monoisotopic (exact) mass is 351 g/mol. The van der Waals surface area contributed by atoms with Crippen LogP contribution in [0.15, 0.2) is 0 Å². The second-order valence-electron chi connectivity index (χ2n) is 5.37. The minimum absolute atomic E-state index is 0.870. The lowest BCUT2D eigenvalue weighted by Crippen LogP contribution is -2.52. The molecule has 0 aliphatic carbocycles. The summed E-state index contributed by atoms with van der Waals surface area (Å²) >= 11 is 2.46. The largest absolute Gasteiger partial charge is 0.301 e. The Bertz CT molecular complexity index is 209. The van der Waals surface area contributed by atoms with Gasteiger partial charge in [0.25, 0.3) is 0 Å². The number of piperazine rings is 1. The van der Waals surface area contributed by atoms with Gasteiger partial charge in [-0.2, -0.15) is 0 Å². The van der Waals surface area contributed by atoms with Crippen molar-refractivity contribution in [2.45, 2.75) is 38.6 Å². The summed E-state index contributed by atoms with van der Waals surface area (Å²) in [7, 11) is 0. The predicted octanol–water partition coefficient (Wildman–Crippen LogP) is 2.22. The van der Waals surface area contributed by atoms with Gasteiger partial charge < -0.3 is 4.90 Å². The molecule has 0 saturated carbocycles. The quantitative estimate of drug-likeness (QED) is 0.568. The van der Waals surface area contributed by atoms with Gasteiger partial charge in [-0.05, 0) is 25.8 Å². The van der Waals surface area contributed by atoms with Crippen LogP contribution in [-0.2, 0) is 0 Å². The maximum absolute atomic E-state index is 2.74. The zero-order chi connectivity index (χ0) is 12.1. The van der Waals surface area contributed by atoms with Gasteiger partial charge in [0.2, 0.25) is 0 Å². The minimum atomic E-state index is 0.870. The van der Waals surface area contributed by atoms with Gasteiger partial charge in [0.1, 0.15) is 0 Å². The summed E-state index contributed by atoms with van der Waals surface area (Å²) in [5, 5.41) is 0. The molecule has 0 spiro atoms. The zero-order valence-electron chi connectivity index (χ0n) is 11.1. The fourth-order valence-corrected chi connectivity index (χ4v) is 3.49. The Morgan fingerprint density at radius 1 is 1.00 bits per heavy atom. The number of unbranched alkanes of at least 4 members (excludes halogenated alkanes) is 1. The van der Waals surface area contributed by atoms with E-state index in [9.17, 15) is 0 Å². The molecule has 2 fully saturated rings. The van der Waals surface area contributed by atoms with Crippen LogP contribution in [-0.4, -0.2) is 64.8 Å². The van der Waals surface area contributed by atoms with E-state index in [4.69, 9.17) is 0 Å². The summed E-state index contributed by atoms with van der Waals surface area (Å²) in [6.45, 7) is 11.4. The zero-order valence-corrected chi connectivity index (χ0v) is 13.2. The Kier molecular flexibility index (Phi) is 5.99. The second kappa shape index (κ2) is 7.26. The first-order valence-corrected chi connectivity index (χ1v) is 8.13. The van der Waals surface area contributed by atoms with Crippen molar-refractivity contribution in [2.75, 3.05) is 45.8 Å². The SMILES string of the molecule is CCCCN1CCN(C2CCN(I)CC2)CC1. The van der Waals surface area contributed by atoms with Crippen LogP contribution in [0.25, 0.3) is 0 Å². The number of hydrogen-bond donors (Lipinski definition) is 0. The molecule has 0 aromatic carbocycles. The average Bonchev–Trinajstić information content (AvgIpc) is 2.38. The van der Waals surface area contributed by atoms with Gasteiger partial charge in [-0.3, -0.25) is 4.90 Å². The van der Waals surface area contributed by atoms with E-state index >= 15 is 0 Å². The standard InChI is InChI=1S/C13H26IN3/c1-2-3-6-15-9-11-16(12-10-15)13-4-7-17(14)8-5-13/h13H,2-12H2,1H3. The van der Waals surface area contributed by atoms with E-state index in [2.05, 4.69) is 42.7 Å². The third-order valence-electron chi connectivity index (χ3n) is 4.16. The van der Waals surface area contributed by atoms with Crippen molar-refractivity contribution in [3.05, 3.63) is 0 Å². The maximum atomic E-state index is 2.74. The van der Waals surface area contributed by atoms with E-state index in [1.54, 1.807) is 0 Å². The van der Waals surface area contributed by atoms with Crippen molar-refractivity contribution in [3.8, 4) is 0 Å². The molecule has 0 bridgehead atoms. The molecule has 0 amide bonds. The highest BCUT2D eigenvalue weighted by atomic mass is 127. The number of hydrogen-bond acceptors (Lipinski definition) is 3. The summed E-state index contributed by atoms with van der Waals surface area (Å²) in [6.07, 6.45) is 5.44. The molecule has 0 N–H and O–H groups in total. The molecular formula is C13H26IN3. The van der Waals surface area contributed by atoms with Crippen molar-refractivity contribution >= 4 is 22.9 Å². The van der Waals surface area contributed by atoms with E-state index in [1.807, 2.05) is 0 Å². The maximum Gasteiger partial charge on any atom is 0.0201 e. The molecule has 17 heavy (non-hydrogen) atoms. The summed E-state index contributed by atoms with van der Waals surface area (Å²) in [5.74, 6) is 0. The van der Waals surface area contributed by atoms with Crippen LogP contribution in [0.2, 0.25) is 0 Å². The normalized spacial score (nSPS) is 26.5. The molecule has 2 saturated heterocycles. The molecule has 0 aromatic rings. The lowest BCUT2D eigenvalue weighted by Gasteiger charge is -2.41. The van der Waals surface area contributed by atoms with Gasteiger partial charge >= 0.3 is 0 Å². The Morgan fingerprint density at radius 2 is 1.65 bits per heavy atom. The van der Waals surface area contributed by atoms with E-state index in [0.29, 0.717) is 0 Å². The predicted molar refractivity (Wildman–Crippen MR) is 81.5 cm³/mol. The van der Waals surface area contributed by atoms with E-state index in [-0.39, 0.29) is 0 Å². The van der Waals surface area contributed by atoms with Crippen molar-refractivity contribution in [1.82, 2.24) is 12.9 Å². The molecule has 2 rings (SSSR count). The van der Waals surface area contributed by atoms with Crippen LogP contribution in [0.3, 0.4) is 0 Å². The number of halogens is 1. The van der Waals surface area contributed by atoms with Crippen molar-refractivity contribution in [3.63, 3.8) is 0 Å². The molecular weight excluding hydrogens is 325 g/mol. The average molecular weight is 351 g/mol. The molecule has 2 heterocycles. The van der Waals surface area contributed by atoms with Crippen LogP contribution in [0.4, 0.5) is 0 Å². The third-order valence-corrected chi connectivity index (χ3v) is 5.13.